The van der Waals surface area contributed by atoms with E-state index in [4.69, 9.17) is 9.16 Å². The molecule has 109 valence electrons. The highest BCUT2D eigenvalue weighted by atomic mass is 32.1. The fourth-order valence-electron chi connectivity index (χ4n) is 1.55. The van der Waals surface area contributed by atoms with E-state index in [1.165, 1.54) is 11.3 Å². The zero-order valence-corrected chi connectivity index (χ0v) is 14.6. The molecule has 1 aromatic carbocycles. The van der Waals surface area contributed by atoms with Crippen molar-refractivity contribution < 1.29 is 9.16 Å². The fraction of sp³-hybridized carbons (Fsp3) is 0.533. The van der Waals surface area contributed by atoms with E-state index in [2.05, 4.69) is 44.4 Å². The molecule has 1 heterocycles. The third-order valence-corrected chi connectivity index (χ3v) is 9.14. The van der Waals surface area contributed by atoms with Gasteiger partial charge < -0.3 is 9.16 Å². The molecule has 20 heavy (non-hydrogen) atoms. The summed E-state index contributed by atoms with van der Waals surface area (Å²) >= 11 is 1.51. The van der Waals surface area contributed by atoms with Crippen LogP contribution in [0.2, 0.25) is 18.1 Å². The quantitative estimate of drug-likeness (QED) is 0.602. The molecule has 0 unspecified atom stereocenters. The molecule has 5 heteroatoms. The van der Waals surface area contributed by atoms with Crippen LogP contribution in [-0.2, 0) is 4.43 Å². The van der Waals surface area contributed by atoms with Crippen LogP contribution in [0.15, 0.2) is 18.2 Å². The van der Waals surface area contributed by atoms with Gasteiger partial charge in [0.2, 0.25) is 0 Å². The van der Waals surface area contributed by atoms with Gasteiger partial charge in [-0.1, -0.05) is 20.8 Å². The SMILES string of the molecule is CC(C)(C)[Si](C)(C)OCCOc1ccc2n[c]sc2c1. The van der Waals surface area contributed by atoms with Gasteiger partial charge in [-0.15, -0.1) is 11.3 Å². The summed E-state index contributed by atoms with van der Waals surface area (Å²) in [5.41, 5.74) is 3.86. The topological polar surface area (TPSA) is 31.4 Å². The lowest BCUT2D eigenvalue weighted by molar-refractivity contribution is 0.203. The molecule has 2 aromatic rings. The van der Waals surface area contributed by atoms with Crippen LogP contribution in [-0.4, -0.2) is 26.5 Å². The highest BCUT2D eigenvalue weighted by Crippen LogP contribution is 2.36. The summed E-state index contributed by atoms with van der Waals surface area (Å²) in [6.07, 6.45) is 0. The number of hydrogen-bond donors (Lipinski definition) is 0. The van der Waals surface area contributed by atoms with E-state index in [0.29, 0.717) is 13.2 Å². The average Bonchev–Trinajstić information content (AvgIpc) is 2.80. The van der Waals surface area contributed by atoms with Gasteiger partial charge in [0.25, 0.3) is 0 Å². The van der Waals surface area contributed by atoms with Gasteiger partial charge in [-0.05, 0) is 36.3 Å². The zero-order chi connectivity index (χ0) is 14.8. The normalized spacial score (nSPS) is 12.8. The molecule has 0 aliphatic rings. The van der Waals surface area contributed by atoms with Crippen molar-refractivity contribution in [3.63, 3.8) is 0 Å². The fourth-order valence-corrected chi connectivity index (χ4v) is 3.21. The second kappa shape index (κ2) is 5.83. The number of ether oxygens (including phenoxy) is 1. The van der Waals surface area contributed by atoms with Crippen molar-refractivity contribution in [2.75, 3.05) is 13.2 Å². The molecule has 0 aliphatic heterocycles. The standard InChI is InChI=1S/C15H22NO2SSi/c1-15(2,3)20(4,5)18-9-8-17-12-6-7-13-14(10-12)19-11-16-13/h6-7,10H,8-9H2,1-5H3. The highest BCUT2D eigenvalue weighted by molar-refractivity contribution is 7.16. The molecule has 0 aliphatic carbocycles. The maximum absolute atomic E-state index is 6.09. The minimum Gasteiger partial charge on any atom is -0.491 e. The molecule has 0 atom stereocenters. The summed E-state index contributed by atoms with van der Waals surface area (Å²) < 4.78 is 12.9. The summed E-state index contributed by atoms with van der Waals surface area (Å²) in [4.78, 5) is 4.13. The Morgan fingerprint density at radius 2 is 2.00 bits per heavy atom. The van der Waals surface area contributed by atoms with Crippen molar-refractivity contribution >= 4 is 29.9 Å². The predicted molar refractivity (Wildman–Crippen MR) is 87.1 cm³/mol. The van der Waals surface area contributed by atoms with Crippen LogP contribution in [0.4, 0.5) is 0 Å². The lowest BCUT2D eigenvalue weighted by atomic mass is 10.2. The van der Waals surface area contributed by atoms with Gasteiger partial charge in [0.15, 0.2) is 13.8 Å². The Kier molecular flexibility index (Phi) is 4.51. The molecule has 0 N–H and O–H groups in total. The van der Waals surface area contributed by atoms with Gasteiger partial charge in [-0.2, -0.15) is 0 Å². The number of benzene rings is 1. The summed E-state index contributed by atoms with van der Waals surface area (Å²) in [5.74, 6) is 0.869. The molecule has 0 bridgehead atoms. The minimum absolute atomic E-state index is 0.240. The third kappa shape index (κ3) is 3.59. The van der Waals surface area contributed by atoms with Gasteiger partial charge in [0, 0.05) is 0 Å². The van der Waals surface area contributed by atoms with Gasteiger partial charge in [0.1, 0.15) is 12.4 Å². The molecular weight excluding hydrogens is 286 g/mol. The number of aromatic nitrogens is 1. The molecule has 0 amide bonds. The van der Waals surface area contributed by atoms with Crippen molar-refractivity contribution in [3.8, 4) is 5.75 Å². The first kappa shape index (κ1) is 15.5. The highest BCUT2D eigenvalue weighted by Gasteiger charge is 2.36. The molecular formula is C15H22NO2SSi. The van der Waals surface area contributed by atoms with Crippen LogP contribution >= 0.6 is 11.3 Å². The van der Waals surface area contributed by atoms with E-state index in [1.807, 2.05) is 18.2 Å². The van der Waals surface area contributed by atoms with Crippen LogP contribution < -0.4 is 4.74 Å². The first-order valence-corrected chi connectivity index (χ1v) is 10.6. The van der Waals surface area contributed by atoms with Crippen LogP contribution in [0.5, 0.6) is 5.75 Å². The Morgan fingerprint density at radius 1 is 1.25 bits per heavy atom. The van der Waals surface area contributed by atoms with Gasteiger partial charge in [-0.3, -0.25) is 0 Å². The second-order valence-corrected chi connectivity index (χ2v) is 12.0. The van der Waals surface area contributed by atoms with E-state index in [9.17, 15) is 0 Å². The lowest BCUT2D eigenvalue weighted by Crippen LogP contribution is -2.41. The molecule has 0 fully saturated rings. The molecule has 0 spiro atoms. The van der Waals surface area contributed by atoms with E-state index < -0.39 is 8.32 Å². The predicted octanol–water partition coefficient (Wildman–Crippen LogP) is 4.50. The Labute approximate surface area is 126 Å². The average molecular weight is 308 g/mol. The second-order valence-electron chi connectivity index (χ2n) is 6.39. The van der Waals surface area contributed by atoms with Crippen LogP contribution in [0, 0.1) is 5.51 Å². The third-order valence-electron chi connectivity index (χ3n) is 3.87. The Bertz CT molecular complexity index is 575. The first-order valence-electron chi connectivity index (χ1n) is 6.83. The lowest BCUT2D eigenvalue weighted by Gasteiger charge is -2.36. The first-order chi connectivity index (χ1) is 9.29. The summed E-state index contributed by atoms with van der Waals surface area (Å²) in [6, 6.07) is 5.92. The summed E-state index contributed by atoms with van der Waals surface area (Å²) in [7, 11) is -1.67. The Balaban J connectivity index is 1.84. The number of hydrogen-bond acceptors (Lipinski definition) is 4. The van der Waals surface area contributed by atoms with Crippen molar-refractivity contribution in [3.05, 3.63) is 23.7 Å². The van der Waals surface area contributed by atoms with E-state index in [1.54, 1.807) is 0 Å². The van der Waals surface area contributed by atoms with Gasteiger partial charge in [0.05, 0.1) is 16.8 Å². The minimum atomic E-state index is -1.67. The molecule has 3 nitrogen and oxygen atoms in total. The summed E-state index contributed by atoms with van der Waals surface area (Å²) in [5, 5.41) is 0.240. The van der Waals surface area contributed by atoms with Crippen LogP contribution in [0.25, 0.3) is 10.2 Å². The smallest absolute Gasteiger partial charge is 0.192 e. The molecule has 0 saturated heterocycles. The maximum Gasteiger partial charge on any atom is 0.192 e. The summed E-state index contributed by atoms with van der Waals surface area (Å²) in [6.45, 7) is 12.5. The Morgan fingerprint density at radius 3 is 2.70 bits per heavy atom. The largest absolute Gasteiger partial charge is 0.491 e. The molecule has 1 aromatic heterocycles. The van der Waals surface area contributed by atoms with Crippen molar-refractivity contribution in [2.45, 2.75) is 38.9 Å². The van der Waals surface area contributed by atoms with Crippen molar-refractivity contribution in [1.82, 2.24) is 4.98 Å². The monoisotopic (exact) mass is 308 g/mol. The Hall–Kier alpha value is -0.913. The van der Waals surface area contributed by atoms with Gasteiger partial charge >= 0.3 is 0 Å². The number of fused-ring (bicyclic) bond motifs is 1. The molecule has 0 saturated carbocycles. The van der Waals surface area contributed by atoms with Gasteiger partial charge in [-0.25, -0.2) is 4.98 Å². The van der Waals surface area contributed by atoms with Crippen molar-refractivity contribution in [1.29, 1.82) is 0 Å². The van der Waals surface area contributed by atoms with E-state index in [0.717, 1.165) is 16.0 Å². The van der Waals surface area contributed by atoms with E-state index in [-0.39, 0.29) is 5.04 Å². The maximum atomic E-state index is 6.09. The van der Waals surface area contributed by atoms with E-state index >= 15 is 0 Å². The number of rotatable bonds is 5. The van der Waals surface area contributed by atoms with Crippen molar-refractivity contribution in [2.24, 2.45) is 0 Å². The zero-order valence-electron chi connectivity index (χ0n) is 12.8. The number of nitrogens with zero attached hydrogens (tertiary/aromatic N) is 1. The van der Waals surface area contributed by atoms with Crippen LogP contribution in [0.1, 0.15) is 20.8 Å². The number of thiazole rings is 1. The molecule has 1 radical (unpaired) electrons. The van der Waals surface area contributed by atoms with Crippen LogP contribution in [0.3, 0.4) is 0 Å². The molecule has 2 rings (SSSR count).